The van der Waals surface area contributed by atoms with Crippen LogP contribution < -0.4 is 5.32 Å². The summed E-state index contributed by atoms with van der Waals surface area (Å²) in [4.78, 5) is 11.9. The molecule has 0 radical (unpaired) electrons. The first-order valence-corrected chi connectivity index (χ1v) is 8.18. The summed E-state index contributed by atoms with van der Waals surface area (Å²) in [7, 11) is -3.36. The van der Waals surface area contributed by atoms with Crippen molar-refractivity contribution in [2.45, 2.75) is 44.0 Å². The van der Waals surface area contributed by atoms with Crippen LogP contribution in [0, 0.1) is 0 Å². The van der Waals surface area contributed by atoms with Gasteiger partial charge in [0.1, 0.15) is 0 Å². The third-order valence-electron chi connectivity index (χ3n) is 2.83. The van der Waals surface area contributed by atoms with Crippen molar-refractivity contribution in [3.63, 3.8) is 0 Å². The van der Waals surface area contributed by atoms with Crippen LogP contribution in [0.15, 0.2) is 35.2 Å². The maximum atomic E-state index is 12.0. The SMILES string of the molecule is CCCC(C)NC(=O)CCS(=O)(=O)c1ccccc1. The van der Waals surface area contributed by atoms with Gasteiger partial charge in [-0.15, -0.1) is 0 Å². The third kappa shape index (κ3) is 5.42. The summed E-state index contributed by atoms with van der Waals surface area (Å²) in [5, 5.41) is 2.80. The van der Waals surface area contributed by atoms with Crippen LogP contribution in [0.4, 0.5) is 0 Å². The number of carbonyl (C=O) groups excluding carboxylic acids is 1. The third-order valence-corrected chi connectivity index (χ3v) is 4.56. The van der Waals surface area contributed by atoms with E-state index >= 15 is 0 Å². The maximum Gasteiger partial charge on any atom is 0.221 e. The van der Waals surface area contributed by atoms with Crippen LogP contribution in [-0.4, -0.2) is 26.1 Å². The molecule has 1 aromatic rings. The maximum absolute atomic E-state index is 12.0. The lowest BCUT2D eigenvalue weighted by atomic mass is 10.2. The molecule has 0 aromatic heterocycles. The zero-order valence-corrected chi connectivity index (χ0v) is 12.2. The molecule has 1 aromatic carbocycles. The molecule has 0 aliphatic heterocycles. The molecule has 0 saturated heterocycles. The van der Waals surface area contributed by atoms with Crippen LogP contribution in [0.3, 0.4) is 0 Å². The Morgan fingerprint density at radius 2 is 1.89 bits per heavy atom. The van der Waals surface area contributed by atoms with Crippen molar-refractivity contribution >= 4 is 15.7 Å². The first-order valence-electron chi connectivity index (χ1n) is 6.53. The van der Waals surface area contributed by atoms with Gasteiger partial charge in [-0.3, -0.25) is 4.79 Å². The Bertz CT molecular complexity index is 497. The van der Waals surface area contributed by atoms with E-state index in [1.54, 1.807) is 30.3 Å². The van der Waals surface area contributed by atoms with Crippen molar-refractivity contribution < 1.29 is 13.2 Å². The van der Waals surface area contributed by atoms with E-state index in [9.17, 15) is 13.2 Å². The highest BCUT2D eigenvalue weighted by molar-refractivity contribution is 7.91. The first kappa shape index (κ1) is 15.7. The predicted octanol–water partition coefficient (Wildman–Crippen LogP) is 2.16. The Hall–Kier alpha value is -1.36. The second-order valence-corrected chi connectivity index (χ2v) is 6.75. The van der Waals surface area contributed by atoms with Crippen LogP contribution >= 0.6 is 0 Å². The standard InChI is InChI=1S/C14H21NO3S/c1-3-7-12(2)15-14(16)10-11-19(17,18)13-8-5-4-6-9-13/h4-6,8-9,12H,3,7,10-11H2,1-2H3,(H,15,16). The zero-order valence-electron chi connectivity index (χ0n) is 11.4. The molecule has 1 atom stereocenters. The topological polar surface area (TPSA) is 63.2 Å². The molecule has 1 amide bonds. The van der Waals surface area contributed by atoms with Gasteiger partial charge in [-0.2, -0.15) is 0 Å². The van der Waals surface area contributed by atoms with Crippen LogP contribution in [0.25, 0.3) is 0 Å². The average molecular weight is 283 g/mol. The number of sulfone groups is 1. The van der Waals surface area contributed by atoms with Gasteiger partial charge in [0.15, 0.2) is 9.84 Å². The lowest BCUT2D eigenvalue weighted by molar-refractivity contribution is -0.121. The van der Waals surface area contributed by atoms with Gasteiger partial charge in [-0.25, -0.2) is 8.42 Å². The highest BCUT2D eigenvalue weighted by Gasteiger charge is 2.16. The van der Waals surface area contributed by atoms with Crippen molar-refractivity contribution in [2.75, 3.05) is 5.75 Å². The fourth-order valence-electron chi connectivity index (χ4n) is 1.82. The van der Waals surface area contributed by atoms with Crippen molar-refractivity contribution in [2.24, 2.45) is 0 Å². The second-order valence-electron chi connectivity index (χ2n) is 4.64. The van der Waals surface area contributed by atoms with E-state index in [-0.39, 0.29) is 29.0 Å². The van der Waals surface area contributed by atoms with Crippen LogP contribution in [0.2, 0.25) is 0 Å². The first-order chi connectivity index (χ1) is 8.95. The highest BCUT2D eigenvalue weighted by Crippen LogP contribution is 2.11. The Morgan fingerprint density at radius 3 is 2.47 bits per heavy atom. The molecule has 0 heterocycles. The molecule has 0 aliphatic rings. The summed E-state index contributed by atoms with van der Waals surface area (Å²) in [5.74, 6) is -0.359. The fourth-order valence-corrected chi connectivity index (χ4v) is 3.09. The molecule has 0 aliphatic carbocycles. The Labute approximate surface area is 115 Å². The Kier molecular flexibility index (Phi) is 6.02. The highest BCUT2D eigenvalue weighted by atomic mass is 32.2. The van der Waals surface area contributed by atoms with Crippen molar-refractivity contribution in [3.05, 3.63) is 30.3 Å². The molecule has 5 heteroatoms. The van der Waals surface area contributed by atoms with Crippen molar-refractivity contribution in [3.8, 4) is 0 Å². The number of benzene rings is 1. The Morgan fingerprint density at radius 1 is 1.26 bits per heavy atom. The predicted molar refractivity (Wildman–Crippen MR) is 75.6 cm³/mol. The van der Waals surface area contributed by atoms with Gasteiger partial charge < -0.3 is 5.32 Å². The molecule has 1 N–H and O–H groups in total. The number of hydrogen-bond acceptors (Lipinski definition) is 3. The largest absolute Gasteiger partial charge is 0.354 e. The lowest BCUT2D eigenvalue weighted by Crippen LogP contribution is -2.33. The summed E-state index contributed by atoms with van der Waals surface area (Å²) < 4.78 is 23.9. The van der Waals surface area contributed by atoms with Gasteiger partial charge in [-0.1, -0.05) is 31.5 Å². The second kappa shape index (κ2) is 7.28. The molecule has 1 rings (SSSR count). The van der Waals surface area contributed by atoms with Gasteiger partial charge in [0.2, 0.25) is 5.91 Å². The van der Waals surface area contributed by atoms with E-state index in [1.165, 1.54) is 0 Å². The molecular formula is C14H21NO3S. The Balaban J connectivity index is 2.50. The van der Waals surface area contributed by atoms with Gasteiger partial charge in [0.05, 0.1) is 10.6 Å². The number of hydrogen-bond donors (Lipinski definition) is 1. The van der Waals surface area contributed by atoms with Crippen molar-refractivity contribution in [1.29, 1.82) is 0 Å². The lowest BCUT2D eigenvalue weighted by Gasteiger charge is -2.12. The van der Waals surface area contributed by atoms with E-state index in [0.29, 0.717) is 0 Å². The molecule has 0 bridgehead atoms. The number of carbonyl (C=O) groups is 1. The number of amides is 1. The summed E-state index contributed by atoms with van der Waals surface area (Å²) in [6.07, 6.45) is 1.90. The summed E-state index contributed by atoms with van der Waals surface area (Å²) in [5.41, 5.74) is 0. The van der Waals surface area contributed by atoms with Crippen LogP contribution in [0.1, 0.15) is 33.1 Å². The van der Waals surface area contributed by atoms with E-state index in [1.807, 2.05) is 13.8 Å². The number of nitrogens with one attached hydrogen (secondary N) is 1. The van der Waals surface area contributed by atoms with Gasteiger partial charge in [-0.05, 0) is 25.5 Å². The van der Waals surface area contributed by atoms with E-state index in [2.05, 4.69) is 5.32 Å². The van der Waals surface area contributed by atoms with Gasteiger partial charge >= 0.3 is 0 Å². The summed E-state index contributed by atoms with van der Waals surface area (Å²) in [6.45, 7) is 3.97. The van der Waals surface area contributed by atoms with Crippen molar-refractivity contribution in [1.82, 2.24) is 5.32 Å². The minimum atomic E-state index is -3.36. The minimum absolute atomic E-state index is 0.00524. The molecule has 19 heavy (non-hydrogen) atoms. The molecule has 0 spiro atoms. The molecule has 4 nitrogen and oxygen atoms in total. The summed E-state index contributed by atoms with van der Waals surface area (Å²) >= 11 is 0. The van der Waals surface area contributed by atoms with E-state index in [4.69, 9.17) is 0 Å². The molecule has 0 fully saturated rings. The summed E-state index contributed by atoms with van der Waals surface area (Å²) in [6, 6.07) is 8.31. The van der Waals surface area contributed by atoms with E-state index in [0.717, 1.165) is 12.8 Å². The quantitative estimate of drug-likeness (QED) is 0.834. The van der Waals surface area contributed by atoms with Crippen LogP contribution in [-0.2, 0) is 14.6 Å². The zero-order chi connectivity index (χ0) is 14.3. The van der Waals surface area contributed by atoms with E-state index < -0.39 is 9.84 Å². The molecular weight excluding hydrogens is 262 g/mol. The number of rotatable bonds is 7. The smallest absolute Gasteiger partial charge is 0.221 e. The van der Waals surface area contributed by atoms with Gasteiger partial charge in [0.25, 0.3) is 0 Å². The average Bonchev–Trinajstić information content (AvgIpc) is 2.38. The molecule has 1 unspecified atom stereocenters. The monoisotopic (exact) mass is 283 g/mol. The molecule has 106 valence electrons. The van der Waals surface area contributed by atoms with Gasteiger partial charge in [0, 0.05) is 12.5 Å². The van der Waals surface area contributed by atoms with Crippen LogP contribution in [0.5, 0.6) is 0 Å². The molecule has 0 saturated carbocycles. The minimum Gasteiger partial charge on any atom is -0.354 e. The normalized spacial score (nSPS) is 12.9. The fraction of sp³-hybridized carbons (Fsp3) is 0.500.